The quantitative estimate of drug-likeness (QED) is 0.125. The van der Waals surface area contributed by atoms with Crippen molar-refractivity contribution in [2.45, 2.75) is 60.6 Å². The molecule has 0 aliphatic rings. The van der Waals surface area contributed by atoms with Crippen LogP contribution in [0.3, 0.4) is 0 Å². The number of fused-ring (bicyclic) bond motifs is 3. The van der Waals surface area contributed by atoms with Crippen LogP contribution < -0.4 is 0 Å². The van der Waals surface area contributed by atoms with Gasteiger partial charge < -0.3 is 0 Å². The van der Waals surface area contributed by atoms with Gasteiger partial charge in [-0.05, 0) is 47.2 Å². The predicted molar refractivity (Wildman–Crippen MR) is 210 cm³/mol. The summed E-state index contributed by atoms with van der Waals surface area (Å²) in [4.78, 5) is 0. The van der Waals surface area contributed by atoms with Gasteiger partial charge in [-0.15, -0.1) is 68.6 Å². The van der Waals surface area contributed by atoms with E-state index in [-0.39, 0.29) is 0 Å². The van der Waals surface area contributed by atoms with E-state index in [0.29, 0.717) is 5.92 Å². The molecule has 0 N–H and O–H groups in total. The van der Waals surface area contributed by atoms with E-state index >= 15 is 0 Å². The summed E-state index contributed by atoms with van der Waals surface area (Å²) < 4.78 is 0. The monoisotopic (exact) mass is 748 g/mol. The zero-order valence-corrected chi connectivity index (χ0v) is 33.8. The third-order valence-corrected chi connectivity index (χ3v) is 8.45. The third kappa shape index (κ3) is 9.04. The molecule has 0 aromatic heterocycles. The van der Waals surface area contributed by atoms with Crippen LogP contribution in [0.2, 0.25) is 13.1 Å². The fourth-order valence-electron chi connectivity index (χ4n) is 6.14. The summed E-state index contributed by atoms with van der Waals surface area (Å²) in [6.45, 7) is 17.5. The van der Waals surface area contributed by atoms with Crippen LogP contribution >= 0.6 is 17.0 Å². The molecule has 0 aliphatic heterocycles. The van der Waals surface area contributed by atoms with E-state index in [2.05, 4.69) is 170 Å². The number of aryl methyl sites for hydroxylation is 4. The molecule has 4 heteroatoms. The van der Waals surface area contributed by atoms with Gasteiger partial charge in [0.05, 0.1) is 0 Å². The van der Waals surface area contributed by atoms with Crippen LogP contribution in [0.1, 0.15) is 47.6 Å². The minimum atomic E-state index is -0.826. The zero-order chi connectivity index (χ0) is 34.1. The maximum atomic E-state index is 4.93. The van der Waals surface area contributed by atoms with Crippen molar-refractivity contribution in [2.24, 2.45) is 0 Å². The van der Waals surface area contributed by atoms with E-state index in [4.69, 9.17) is 17.0 Å². The van der Waals surface area contributed by atoms with E-state index in [0.717, 1.165) is 9.52 Å². The summed E-state index contributed by atoms with van der Waals surface area (Å²) in [6.07, 6.45) is 0. The Morgan fingerprint density at radius 1 is 0.596 bits per heavy atom. The molecule has 0 nitrogen and oxygen atoms in total. The van der Waals surface area contributed by atoms with Crippen molar-refractivity contribution < 1.29 is 20.8 Å². The van der Waals surface area contributed by atoms with Crippen LogP contribution in [0.15, 0.2) is 115 Å². The van der Waals surface area contributed by atoms with Crippen molar-refractivity contribution in [1.29, 1.82) is 0 Å². The zero-order valence-electron chi connectivity index (χ0n) is 28.8. The van der Waals surface area contributed by atoms with Gasteiger partial charge in [0.1, 0.15) is 0 Å². The summed E-state index contributed by atoms with van der Waals surface area (Å²) in [5.74, 6) is 0.578. The van der Waals surface area contributed by atoms with Crippen LogP contribution in [0.5, 0.6) is 0 Å². The molecule has 2 radical (unpaired) electrons. The molecule has 0 aliphatic carbocycles. The van der Waals surface area contributed by atoms with Gasteiger partial charge in [0.25, 0.3) is 0 Å². The van der Waals surface area contributed by atoms with Crippen molar-refractivity contribution in [2.75, 3.05) is 0 Å². The second-order valence-electron chi connectivity index (χ2n) is 12.5. The molecule has 238 valence electrons. The Morgan fingerprint density at radius 3 is 1.89 bits per heavy atom. The first kappa shape index (κ1) is 37.1. The van der Waals surface area contributed by atoms with Crippen molar-refractivity contribution in [3.8, 4) is 22.3 Å². The molecular formula is C43H44Cl2SiZr. The number of hydrogen-bond donors (Lipinski definition) is 0. The van der Waals surface area contributed by atoms with E-state index < -0.39 is 20.8 Å². The van der Waals surface area contributed by atoms with Gasteiger partial charge in [-0.2, -0.15) is 12.1 Å². The van der Waals surface area contributed by atoms with Gasteiger partial charge in [-0.3, -0.25) is 0 Å². The van der Waals surface area contributed by atoms with Crippen LogP contribution in [-0.2, 0) is 20.8 Å². The SMILES string of the molecule is C[Si]C.Cc1cc2c(-c3cccc4ccccc34)ccc(C)c2[cH-]1.Cc1ccc(C)c(-c2cccc3[cH-]c(C(C)C)cc23)c1.[Cl][Zr+2][Cl]. The second-order valence-corrected chi connectivity index (χ2v) is 17.2. The second kappa shape index (κ2) is 17.6. The van der Waals surface area contributed by atoms with E-state index in [1.807, 2.05) is 0 Å². The molecule has 7 rings (SSSR count). The summed E-state index contributed by atoms with van der Waals surface area (Å²) in [7, 11) is 11.0. The first-order chi connectivity index (χ1) is 22.6. The Morgan fingerprint density at radius 2 is 1.19 bits per heavy atom. The molecule has 0 spiro atoms. The Labute approximate surface area is 303 Å². The number of rotatable bonds is 3. The molecule has 0 unspecified atom stereocenters. The average molecular weight is 751 g/mol. The van der Waals surface area contributed by atoms with Crippen molar-refractivity contribution in [3.05, 3.63) is 143 Å². The molecular weight excluding hydrogens is 707 g/mol. The molecule has 0 fully saturated rings. The van der Waals surface area contributed by atoms with Crippen molar-refractivity contribution in [3.63, 3.8) is 0 Å². The standard InChI is InChI=1S/C21H17.C20H21.C2H6Si.2ClH.Zr/c1-14-12-20-15(2)10-11-19(21(20)13-14)18-9-5-7-16-6-3-4-8-17(16)18;1-13(2)17-11-16-6-5-7-18(20(16)12-17)19-10-14(3)8-9-15(19)4;1-3-2;;;/h3-13H,1-2H3;5-13H,1-4H3;1-2H3;2*1H;/q2*-1;;;;+4/p-2. The molecule has 47 heavy (non-hydrogen) atoms. The average Bonchev–Trinajstić information content (AvgIpc) is 3.68. The summed E-state index contributed by atoms with van der Waals surface area (Å²) in [6, 6.07) is 42.3. The molecule has 0 atom stereocenters. The normalized spacial score (nSPS) is 10.5. The fourth-order valence-corrected chi connectivity index (χ4v) is 6.14. The Bertz CT molecular complexity index is 2060. The molecule has 0 amide bonds. The van der Waals surface area contributed by atoms with Gasteiger partial charge >= 0.3 is 37.9 Å². The van der Waals surface area contributed by atoms with Gasteiger partial charge in [0.15, 0.2) is 0 Å². The summed E-state index contributed by atoms with van der Waals surface area (Å²) >= 11 is -0.826. The maximum absolute atomic E-state index is 4.93. The van der Waals surface area contributed by atoms with E-state index in [1.54, 1.807) is 0 Å². The number of hydrogen-bond acceptors (Lipinski definition) is 0. The molecule has 0 heterocycles. The molecule has 7 aromatic rings. The van der Waals surface area contributed by atoms with Crippen LogP contribution in [0.4, 0.5) is 0 Å². The first-order valence-corrected chi connectivity index (χ1v) is 24.4. The molecule has 0 bridgehead atoms. The molecule has 7 aromatic carbocycles. The van der Waals surface area contributed by atoms with Gasteiger partial charge in [-0.25, -0.2) is 0 Å². The first-order valence-electron chi connectivity index (χ1n) is 16.1. The Hall–Kier alpha value is -2.74. The Balaban J connectivity index is 0.000000183. The number of halogens is 2. The van der Waals surface area contributed by atoms with Gasteiger partial charge in [-0.1, -0.05) is 130 Å². The topological polar surface area (TPSA) is 0 Å². The van der Waals surface area contributed by atoms with Crippen molar-refractivity contribution in [1.82, 2.24) is 0 Å². The van der Waals surface area contributed by atoms with Crippen molar-refractivity contribution >= 4 is 58.9 Å². The van der Waals surface area contributed by atoms with E-state index in [1.165, 1.54) is 82.4 Å². The summed E-state index contributed by atoms with van der Waals surface area (Å²) in [5, 5.41) is 8.09. The predicted octanol–water partition coefficient (Wildman–Crippen LogP) is 14.1. The Kier molecular flexibility index (Phi) is 13.9. The third-order valence-electron chi connectivity index (χ3n) is 8.45. The van der Waals surface area contributed by atoms with Gasteiger partial charge in [0, 0.05) is 9.52 Å². The van der Waals surface area contributed by atoms with E-state index in [9.17, 15) is 0 Å². The van der Waals surface area contributed by atoms with Crippen LogP contribution in [0.25, 0.3) is 54.6 Å². The number of benzene rings is 5. The molecule has 0 saturated heterocycles. The minimum absolute atomic E-state index is 0.578. The fraction of sp³-hybridized carbons (Fsp3) is 0.209. The molecule has 0 saturated carbocycles. The van der Waals surface area contributed by atoms with Crippen LogP contribution in [-0.4, -0.2) is 9.52 Å². The van der Waals surface area contributed by atoms with Crippen LogP contribution in [0, 0.1) is 27.7 Å². The summed E-state index contributed by atoms with van der Waals surface area (Å²) in [5.41, 5.74) is 12.1. The van der Waals surface area contributed by atoms with Gasteiger partial charge in [0.2, 0.25) is 0 Å².